The molecule has 1 saturated carbocycles. The molecule has 2 rings (SSSR count). The first-order valence-corrected chi connectivity index (χ1v) is 6.91. The third-order valence-corrected chi connectivity index (χ3v) is 4.49. The molecule has 94 valence electrons. The van der Waals surface area contributed by atoms with Gasteiger partial charge in [-0.2, -0.15) is 0 Å². The standard InChI is InChI=1S/C16H25N/c1-11-6-4-8-14(10-11)16(17)15-9-5-7-12(2)13(15)3/h5,7,9,11,14,16H,4,6,8,10,17H2,1-3H3. The van der Waals surface area contributed by atoms with Gasteiger partial charge in [-0.05, 0) is 55.2 Å². The normalized spacial score (nSPS) is 26.8. The van der Waals surface area contributed by atoms with Crippen LogP contribution in [0.2, 0.25) is 0 Å². The second-order valence-electron chi connectivity index (χ2n) is 5.85. The highest BCUT2D eigenvalue weighted by Gasteiger charge is 2.26. The molecule has 1 nitrogen and oxygen atoms in total. The van der Waals surface area contributed by atoms with Crippen molar-refractivity contribution in [2.24, 2.45) is 17.6 Å². The van der Waals surface area contributed by atoms with E-state index < -0.39 is 0 Å². The van der Waals surface area contributed by atoms with E-state index in [1.165, 1.54) is 42.4 Å². The minimum atomic E-state index is 0.234. The molecule has 1 heteroatoms. The van der Waals surface area contributed by atoms with Crippen LogP contribution in [0.4, 0.5) is 0 Å². The van der Waals surface area contributed by atoms with Gasteiger partial charge in [-0.1, -0.05) is 38.0 Å². The van der Waals surface area contributed by atoms with Crippen LogP contribution in [0.3, 0.4) is 0 Å². The van der Waals surface area contributed by atoms with Crippen LogP contribution in [0.5, 0.6) is 0 Å². The van der Waals surface area contributed by atoms with Gasteiger partial charge in [0.15, 0.2) is 0 Å². The molecule has 0 saturated heterocycles. The molecular formula is C16H25N. The summed E-state index contributed by atoms with van der Waals surface area (Å²) >= 11 is 0. The van der Waals surface area contributed by atoms with E-state index >= 15 is 0 Å². The summed E-state index contributed by atoms with van der Waals surface area (Å²) in [6.07, 6.45) is 5.34. The molecule has 1 aliphatic carbocycles. The predicted octanol–water partition coefficient (Wildman–Crippen LogP) is 4.13. The van der Waals surface area contributed by atoms with E-state index in [4.69, 9.17) is 5.73 Å². The molecule has 1 aromatic rings. The molecule has 0 amide bonds. The van der Waals surface area contributed by atoms with E-state index in [9.17, 15) is 0 Å². The number of aryl methyl sites for hydroxylation is 1. The van der Waals surface area contributed by atoms with Gasteiger partial charge in [0.05, 0.1) is 0 Å². The molecule has 1 fully saturated rings. The number of nitrogens with two attached hydrogens (primary N) is 1. The van der Waals surface area contributed by atoms with Crippen molar-refractivity contribution in [2.75, 3.05) is 0 Å². The fourth-order valence-electron chi connectivity index (χ4n) is 3.20. The summed E-state index contributed by atoms with van der Waals surface area (Å²) in [5.41, 5.74) is 10.6. The Labute approximate surface area is 105 Å². The van der Waals surface area contributed by atoms with Gasteiger partial charge in [-0.3, -0.25) is 0 Å². The average Bonchev–Trinajstić information content (AvgIpc) is 2.32. The van der Waals surface area contributed by atoms with Crippen molar-refractivity contribution < 1.29 is 0 Å². The van der Waals surface area contributed by atoms with Gasteiger partial charge in [0.25, 0.3) is 0 Å². The summed E-state index contributed by atoms with van der Waals surface area (Å²) in [7, 11) is 0. The molecule has 3 atom stereocenters. The lowest BCUT2D eigenvalue weighted by Crippen LogP contribution is -2.26. The summed E-state index contributed by atoms with van der Waals surface area (Å²) < 4.78 is 0. The lowest BCUT2D eigenvalue weighted by atomic mass is 9.76. The minimum Gasteiger partial charge on any atom is -0.324 e. The molecule has 0 bridgehead atoms. The fraction of sp³-hybridized carbons (Fsp3) is 0.625. The minimum absolute atomic E-state index is 0.234. The summed E-state index contributed by atoms with van der Waals surface area (Å²) in [6.45, 7) is 6.74. The molecule has 0 radical (unpaired) electrons. The molecular weight excluding hydrogens is 206 g/mol. The van der Waals surface area contributed by atoms with E-state index in [-0.39, 0.29) is 6.04 Å². The highest BCUT2D eigenvalue weighted by Crippen LogP contribution is 2.36. The van der Waals surface area contributed by atoms with E-state index in [0.29, 0.717) is 5.92 Å². The Morgan fingerprint density at radius 3 is 2.71 bits per heavy atom. The Morgan fingerprint density at radius 2 is 2.00 bits per heavy atom. The predicted molar refractivity (Wildman–Crippen MR) is 74.0 cm³/mol. The van der Waals surface area contributed by atoms with Crippen LogP contribution in [-0.4, -0.2) is 0 Å². The topological polar surface area (TPSA) is 26.0 Å². The van der Waals surface area contributed by atoms with Gasteiger partial charge in [0.2, 0.25) is 0 Å². The van der Waals surface area contributed by atoms with E-state index in [2.05, 4.69) is 39.0 Å². The van der Waals surface area contributed by atoms with Crippen LogP contribution in [0.25, 0.3) is 0 Å². The molecule has 0 aliphatic heterocycles. The van der Waals surface area contributed by atoms with Gasteiger partial charge in [-0.25, -0.2) is 0 Å². The monoisotopic (exact) mass is 231 g/mol. The highest BCUT2D eigenvalue weighted by molar-refractivity contribution is 5.35. The fourth-order valence-corrected chi connectivity index (χ4v) is 3.20. The van der Waals surface area contributed by atoms with Gasteiger partial charge in [0, 0.05) is 6.04 Å². The zero-order valence-electron chi connectivity index (χ0n) is 11.4. The second-order valence-corrected chi connectivity index (χ2v) is 5.85. The van der Waals surface area contributed by atoms with Crippen molar-refractivity contribution in [3.05, 3.63) is 34.9 Å². The second kappa shape index (κ2) is 5.22. The van der Waals surface area contributed by atoms with Crippen LogP contribution in [0, 0.1) is 25.7 Å². The highest BCUT2D eigenvalue weighted by atomic mass is 14.7. The third kappa shape index (κ3) is 2.71. The largest absolute Gasteiger partial charge is 0.324 e. The van der Waals surface area contributed by atoms with E-state index in [0.717, 1.165) is 5.92 Å². The smallest absolute Gasteiger partial charge is 0.0326 e. The average molecular weight is 231 g/mol. The Kier molecular flexibility index (Phi) is 3.88. The lowest BCUT2D eigenvalue weighted by molar-refractivity contribution is 0.247. The van der Waals surface area contributed by atoms with Crippen LogP contribution in [0.1, 0.15) is 55.3 Å². The maximum atomic E-state index is 6.50. The molecule has 1 aliphatic rings. The summed E-state index contributed by atoms with van der Waals surface area (Å²) in [6, 6.07) is 6.77. The summed E-state index contributed by atoms with van der Waals surface area (Å²) in [5, 5.41) is 0. The molecule has 0 heterocycles. The maximum absolute atomic E-state index is 6.50. The molecule has 1 aromatic carbocycles. The van der Waals surface area contributed by atoms with Crippen molar-refractivity contribution >= 4 is 0 Å². The van der Waals surface area contributed by atoms with Gasteiger partial charge >= 0.3 is 0 Å². The number of rotatable bonds is 2. The first-order valence-electron chi connectivity index (χ1n) is 6.91. The Bertz CT molecular complexity index is 383. The molecule has 0 spiro atoms. The molecule has 17 heavy (non-hydrogen) atoms. The van der Waals surface area contributed by atoms with Crippen molar-refractivity contribution in [1.29, 1.82) is 0 Å². The Balaban J connectivity index is 2.18. The van der Waals surface area contributed by atoms with Crippen molar-refractivity contribution in [3.8, 4) is 0 Å². The van der Waals surface area contributed by atoms with Gasteiger partial charge in [0.1, 0.15) is 0 Å². The van der Waals surface area contributed by atoms with Gasteiger partial charge < -0.3 is 5.73 Å². The summed E-state index contributed by atoms with van der Waals surface area (Å²) in [5.74, 6) is 1.53. The van der Waals surface area contributed by atoms with Crippen molar-refractivity contribution in [1.82, 2.24) is 0 Å². The first kappa shape index (κ1) is 12.6. The number of hydrogen-bond donors (Lipinski definition) is 1. The van der Waals surface area contributed by atoms with Crippen molar-refractivity contribution in [3.63, 3.8) is 0 Å². The SMILES string of the molecule is Cc1cccc(C(N)C2CCCC(C)C2)c1C. The first-order chi connectivity index (χ1) is 8.09. The van der Waals surface area contributed by atoms with E-state index in [1.54, 1.807) is 0 Å². The van der Waals surface area contributed by atoms with Crippen molar-refractivity contribution in [2.45, 2.75) is 52.5 Å². The zero-order valence-corrected chi connectivity index (χ0v) is 11.4. The van der Waals surface area contributed by atoms with Crippen LogP contribution < -0.4 is 5.73 Å². The van der Waals surface area contributed by atoms with Gasteiger partial charge in [-0.15, -0.1) is 0 Å². The summed E-state index contributed by atoms with van der Waals surface area (Å²) in [4.78, 5) is 0. The molecule has 3 unspecified atom stereocenters. The Hall–Kier alpha value is -0.820. The number of hydrogen-bond acceptors (Lipinski definition) is 1. The quantitative estimate of drug-likeness (QED) is 0.813. The lowest BCUT2D eigenvalue weighted by Gasteiger charge is -2.32. The van der Waals surface area contributed by atoms with Crippen LogP contribution in [-0.2, 0) is 0 Å². The van der Waals surface area contributed by atoms with Crippen LogP contribution >= 0.6 is 0 Å². The third-order valence-electron chi connectivity index (χ3n) is 4.49. The molecule has 2 N–H and O–H groups in total. The maximum Gasteiger partial charge on any atom is 0.0326 e. The van der Waals surface area contributed by atoms with Crippen LogP contribution in [0.15, 0.2) is 18.2 Å². The van der Waals surface area contributed by atoms with E-state index in [1.807, 2.05) is 0 Å². The zero-order chi connectivity index (χ0) is 12.4. The number of benzene rings is 1. The Morgan fingerprint density at radius 1 is 1.24 bits per heavy atom. The molecule has 0 aromatic heterocycles.